The zero-order valence-corrected chi connectivity index (χ0v) is 12.2. The van der Waals surface area contributed by atoms with Crippen LogP contribution in [-0.4, -0.2) is 25.7 Å². The van der Waals surface area contributed by atoms with Gasteiger partial charge in [0.25, 0.3) is 0 Å². The van der Waals surface area contributed by atoms with Crippen LogP contribution in [0.25, 0.3) is 0 Å². The second-order valence-electron chi connectivity index (χ2n) is 5.46. The van der Waals surface area contributed by atoms with Crippen molar-refractivity contribution in [1.82, 2.24) is 5.32 Å². The summed E-state index contributed by atoms with van der Waals surface area (Å²) in [5.74, 6) is 2.25. The van der Waals surface area contributed by atoms with Crippen LogP contribution >= 0.6 is 11.6 Å². The summed E-state index contributed by atoms with van der Waals surface area (Å²) in [5.41, 5.74) is 1.04. The van der Waals surface area contributed by atoms with Crippen molar-refractivity contribution in [3.8, 4) is 11.5 Å². The second kappa shape index (κ2) is 5.52. The number of hydrogen-bond acceptors (Lipinski definition) is 3. The lowest BCUT2D eigenvalue weighted by Gasteiger charge is -2.20. The highest BCUT2D eigenvalue weighted by Crippen LogP contribution is 2.39. The number of hydrogen-bond donors (Lipinski definition) is 1. The van der Waals surface area contributed by atoms with E-state index in [1.165, 1.54) is 0 Å². The first kappa shape index (κ1) is 13.6. The van der Waals surface area contributed by atoms with Crippen LogP contribution in [0.1, 0.15) is 18.9 Å². The molecule has 108 valence electrons. The van der Waals surface area contributed by atoms with E-state index in [2.05, 4.69) is 12.2 Å². The van der Waals surface area contributed by atoms with Gasteiger partial charge in [0.2, 0.25) is 5.91 Å². The third-order valence-corrected chi connectivity index (χ3v) is 4.10. The van der Waals surface area contributed by atoms with E-state index < -0.39 is 0 Å². The summed E-state index contributed by atoms with van der Waals surface area (Å²) in [5, 5.41) is 3.54. The summed E-state index contributed by atoms with van der Waals surface area (Å²) in [4.78, 5) is 11.7. The smallest absolute Gasteiger partial charge is 0.223 e. The number of amides is 1. The average molecular weight is 296 g/mol. The lowest BCUT2D eigenvalue weighted by molar-refractivity contribution is -0.122. The van der Waals surface area contributed by atoms with Gasteiger partial charge in [-0.05, 0) is 36.5 Å². The van der Waals surface area contributed by atoms with Crippen molar-refractivity contribution in [3.05, 3.63) is 22.7 Å². The quantitative estimate of drug-likeness (QED) is 0.928. The second-order valence-corrected chi connectivity index (χ2v) is 5.87. The van der Waals surface area contributed by atoms with E-state index in [9.17, 15) is 4.79 Å². The van der Waals surface area contributed by atoms with Gasteiger partial charge in [-0.25, -0.2) is 0 Å². The molecule has 4 nitrogen and oxygen atoms in total. The van der Waals surface area contributed by atoms with Gasteiger partial charge in [-0.2, -0.15) is 0 Å². The first-order valence-corrected chi connectivity index (χ1v) is 7.38. The summed E-state index contributed by atoms with van der Waals surface area (Å²) in [6, 6.07) is 3.81. The lowest BCUT2D eigenvalue weighted by Crippen LogP contribution is -2.27. The normalized spacial score (nSPS) is 23.3. The van der Waals surface area contributed by atoms with Crippen LogP contribution in [0.2, 0.25) is 5.02 Å². The molecule has 1 aromatic rings. The summed E-state index contributed by atoms with van der Waals surface area (Å²) in [6.07, 6.45) is 1.75. The number of benzene rings is 1. The van der Waals surface area contributed by atoms with Gasteiger partial charge in [0, 0.05) is 12.5 Å². The Kier molecular flexibility index (Phi) is 3.74. The van der Waals surface area contributed by atoms with E-state index in [1.807, 2.05) is 12.1 Å². The molecule has 0 aromatic heterocycles. The Hall–Kier alpha value is -1.42. The van der Waals surface area contributed by atoms with E-state index in [0.29, 0.717) is 42.2 Å². The lowest BCUT2D eigenvalue weighted by atomic mass is 10.1. The van der Waals surface area contributed by atoms with Crippen LogP contribution in [0.15, 0.2) is 12.1 Å². The molecule has 5 heteroatoms. The molecule has 0 spiro atoms. The van der Waals surface area contributed by atoms with Gasteiger partial charge in [0.05, 0.1) is 5.02 Å². The molecule has 1 amide bonds. The molecule has 2 aliphatic rings. The third kappa shape index (κ3) is 2.85. The Morgan fingerprint density at radius 3 is 2.90 bits per heavy atom. The Morgan fingerprint density at radius 2 is 2.15 bits per heavy atom. The van der Waals surface area contributed by atoms with Crippen molar-refractivity contribution in [2.45, 2.75) is 19.8 Å². The fourth-order valence-electron chi connectivity index (χ4n) is 2.46. The SMILES string of the molecule is CC1CC1C(=O)NCCc1cc(Cl)c2c(c1)OCCO2. The summed E-state index contributed by atoms with van der Waals surface area (Å²) in [6.45, 7) is 3.80. The molecule has 1 fully saturated rings. The molecular weight excluding hydrogens is 278 g/mol. The summed E-state index contributed by atoms with van der Waals surface area (Å²) < 4.78 is 11.0. The molecule has 1 aliphatic heterocycles. The van der Waals surface area contributed by atoms with Gasteiger partial charge in [0.15, 0.2) is 11.5 Å². The monoisotopic (exact) mass is 295 g/mol. The molecule has 3 rings (SSSR count). The molecule has 2 atom stereocenters. The van der Waals surface area contributed by atoms with E-state index >= 15 is 0 Å². The standard InChI is InChI=1S/C15H18ClNO3/c1-9-6-11(9)15(18)17-3-2-10-7-12(16)14-13(8-10)19-4-5-20-14/h7-9,11H,2-6H2,1H3,(H,17,18). The minimum atomic E-state index is 0.168. The number of ether oxygens (including phenoxy) is 2. The molecule has 0 saturated heterocycles. The third-order valence-electron chi connectivity index (χ3n) is 3.82. The fourth-order valence-corrected chi connectivity index (χ4v) is 2.74. The highest BCUT2D eigenvalue weighted by Gasteiger charge is 2.38. The van der Waals surface area contributed by atoms with Gasteiger partial charge < -0.3 is 14.8 Å². The molecule has 1 heterocycles. The first-order valence-electron chi connectivity index (χ1n) is 7.01. The minimum Gasteiger partial charge on any atom is -0.486 e. The predicted molar refractivity (Wildman–Crippen MR) is 76.4 cm³/mol. The molecule has 0 radical (unpaired) electrons. The van der Waals surface area contributed by atoms with Crippen LogP contribution in [0, 0.1) is 11.8 Å². The molecule has 1 N–H and O–H groups in total. The van der Waals surface area contributed by atoms with Crippen molar-refractivity contribution in [2.75, 3.05) is 19.8 Å². The minimum absolute atomic E-state index is 0.168. The number of rotatable bonds is 4. The van der Waals surface area contributed by atoms with Crippen LogP contribution in [0.5, 0.6) is 11.5 Å². The van der Waals surface area contributed by atoms with Crippen LogP contribution in [0.4, 0.5) is 0 Å². The zero-order chi connectivity index (χ0) is 14.1. The Balaban J connectivity index is 1.57. The predicted octanol–water partition coefficient (Wildman–Crippen LogP) is 2.43. The molecule has 1 saturated carbocycles. The Bertz CT molecular complexity index is 532. The molecule has 2 unspecified atom stereocenters. The average Bonchev–Trinajstić information content (AvgIpc) is 3.16. The van der Waals surface area contributed by atoms with Crippen molar-refractivity contribution in [1.29, 1.82) is 0 Å². The van der Waals surface area contributed by atoms with Crippen LogP contribution in [-0.2, 0) is 11.2 Å². The van der Waals surface area contributed by atoms with Crippen molar-refractivity contribution in [3.63, 3.8) is 0 Å². The van der Waals surface area contributed by atoms with Crippen LogP contribution in [0.3, 0.4) is 0 Å². The van der Waals surface area contributed by atoms with Crippen molar-refractivity contribution in [2.24, 2.45) is 11.8 Å². The topological polar surface area (TPSA) is 47.6 Å². The van der Waals surface area contributed by atoms with E-state index in [-0.39, 0.29) is 11.8 Å². The number of carbonyl (C=O) groups is 1. The molecular formula is C15H18ClNO3. The maximum atomic E-state index is 11.7. The highest BCUT2D eigenvalue weighted by atomic mass is 35.5. The fraction of sp³-hybridized carbons (Fsp3) is 0.533. The molecule has 0 bridgehead atoms. The molecule has 20 heavy (non-hydrogen) atoms. The van der Waals surface area contributed by atoms with Gasteiger partial charge in [0.1, 0.15) is 13.2 Å². The Morgan fingerprint density at radius 1 is 1.40 bits per heavy atom. The van der Waals surface area contributed by atoms with Gasteiger partial charge in [-0.3, -0.25) is 4.79 Å². The van der Waals surface area contributed by atoms with Gasteiger partial charge >= 0.3 is 0 Å². The maximum Gasteiger partial charge on any atom is 0.223 e. The highest BCUT2D eigenvalue weighted by molar-refractivity contribution is 6.32. The maximum absolute atomic E-state index is 11.7. The summed E-state index contributed by atoms with van der Waals surface area (Å²) in [7, 11) is 0. The van der Waals surface area contributed by atoms with Gasteiger partial charge in [-0.1, -0.05) is 18.5 Å². The van der Waals surface area contributed by atoms with E-state index in [1.54, 1.807) is 0 Å². The van der Waals surface area contributed by atoms with Crippen molar-refractivity contribution >= 4 is 17.5 Å². The Labute approximate surface area is 123 Å². The number of fused-ring (bicyclic) bond motifs is 1. The molecule has 1 aliphatic carbocycles. The van der Waals surface area contributed by atoms with Crippen LogP contribution < -0.4 is 14.8 Å². The zero-order valence-electron chi connectivity index (χ0n) is 11.4. The molecule has 1 aromatic carbocycles. The number of nitrogens with one attached hydrogen (secondary N) is 1. The number of halogens is 1. The van der Waals surface area contributed by atoms with E-state index in [0.717, 1.165) is 18.4 Å². The largest absolute Gasteiger partial charge is 0.486 e. The van der Waals surface area contributed by atoms with Gasteiger partial charge in [-0.15, -0.1) is 0 Å². The van der Waals surface area contributed by atoms with E-state index in [4.69, 9.17) is 21.1 Å². The number of carbonyl (C=O) groups excluding carboxylic acids is 1. The summed E-state index contributed by atoms with van der Waals surface area (Å²) >= 11 is 6.18. The first-order chi connectivity index (χ1) is 9.65. The van der Waals surface area contributed by atoms with Crippen molar-refractivity contribution < 1.29 is 14.3 Å².